The van der Waals surface area contributed by atoms with Crippen molar-refractivity contribution in [1.82, 2.24) is 10.2 Å². The van der Waals surface area contributed by atoms with Crippen molar-refractivity contribution in [3.05, 3.63) is 29.3 Å². The number of rotatable bonds is 5. The summed E-state index contributed by atoms with van der Waals surface area (Å²) in [5, 5.41) is 13.7. The van der Waals surface area contributed by atoms with Gasteiger partial charge in [-0.05, 0) is 12.1 Å². The highest BCUT2D eigenvalue weighted by atomic mass is 19.2. The molecule has 6 nitrogen and oxygen atoms in total. The number of halogens is 2. The molecule has 8 heteroatoms. The van der Waals surface area contributed by atoms with E-state index in [9.17, 15) is 18.4 Å². The number of carboxylic acids is 1. The largest absolute Gasteiger partial charge is 0.478 e. The highest BCUT2D eigenvalue weighted by Crippen LogP contribution is 2.20. The number of nitrogens with zero attached hydrogens (tertiary/aromatic N) is 1. The maximum atomic E-state index is 13.5. The molecule has 0 atom stereocenters. The van der Waals surface area contributed by atoms with Crippen LogP contribution in [0.25, 0.3) is 0 Å². The summed E-state index contributed by atoms with van der Waals surface area (Å²) in [6.45, 7) is 0.376. The first-order valence-electron chi connectivity index (χ1n) is 5.75. The minimum absolute atomic E-state index is 0.161. The fourth-order valence-corrected chi connectivity index (χ4v) is 1.38. The zero-order chi connectivity index (χ0) is 15.3. The first-order chi connectivity index (χ1) is 9.34. The zero-order valence-corrected chi connectivity index (χ0v) is 11.0. The summed E-state index contributed by atoms with van der Waals surface area (Å²) in [6.07, 6.45) is 0. The Bertz CT molecular complexity index is 521. The maximum Gasteiger partial charge on any atom is 0.338 e. The number of anilines is 1. The Labute approximate surface area is 114 Å². The van der Waals surface area contributed by atoms with E-state index < -0.39 is 23.2 Å². The van der Waals surface area contributed by atoms with Crippen LogP contribution >= 0.6 is 0 Å². The van der Waals surface area contributed by atoms with Gasteiger partial charge in [-0.25, -0.2) is 18.4 Å². The molecule has 3 N–H and O–H groups in total. The van der Waals surface area contributed by atoms with Crippen LogP contribution in [-0.4, -0.2) is 49.2 Å². The van der Waals surface area contributed by atoms with Crippen LogP contribution in [0.2, 0.25) is 0 Å². The average Bonchev–Trinajstić information content (AvgIpc) is 2.38. The Balaban J connectivity index is 2.60. The van der Waals surface area contributed by atoms with Crippen molar-refractivity contribution in [2.45, 2.75) is 0 Å². The van der Waals surface area contributed by atoms with Gasteiger partial charge in [0.15, 0.2) is 11.6 Å². The summed E-state index contributed by atoms with van der Waals surface area (Å²) in [7, 11) is 3.14. The van der Waals surface area contributed by atoms with E-state index in [2.05, 4.69) is 10.6 Å². The Morgan fingerprint density at radius 1 is 1.20 bits per heavy atom. The summed E-state index contributed by atoms with van der Waals surface area (Å²) in [5.74, 6) is -4.21. The lowest BCUT2D eigenvalue weighted by atomic mass is 10.2. The van der Waals surface area contributed by atoms with E-state index in [1.165, 1.54) is 4.90 Å². The van der Waals surface area contributed by atoms with E-state index >= 15 is 0 Å². The van der Waals surface area contributed by atoms with E-state index in [0.717, 1.165) is 12.1 Å². The Morgan fingerprint density at radius 2 is 1.85 bits per heavy atom. The number of carboxylic acid groups (broad SMARTS) is 1. The number of carbonyl (C=O) groups is 2. The molecule has 0 aliphatic rings. The molecule has 20 heavy (non-hydrogen) atoms. The van der Waals surface area contributed by atoms with Crippen LogP contribution in [0.1, 0.15) is 10.4 Å². The van der Waals surface area contributed by atoms with Crippen molar-refractivity contribution in [2.24, 2.45) is 0 Å². The molecule has 0 aliphatic heterocycles. The topological polar surface area (TPSA) is 81.7 Å². The number of hydrogen-bond donors (Lipinski definition) is 3. The molecule has 0 unspecified atom stereocenters. The predicted octanol–water partition coefficient (Wildman–Crippen LogP) is 1.35. The quantitative estimate of drug-likeness (QED) is 0.714. The highest BCUT2D eigenvalue weighted by molar-refractivity contribution is 5.88. The normalized spacial score (nSPS) is 10.0. The summed E-state index contributed by atoms with van der Waals surface area (Å²) in [5.41, 5.74) is -0.888. The van der Waals surface area contributed by atoms with E-state index in [0.29, 0.717) is 0 Å². The molecule has 0 heterocycles. The number of urea groups is 1. The first kappa shape index (κ1) is 15.7. The average molecular weight is 287 g/mol. The number of amides is 2. The highest BCUT2D eigenvalue weighted by Gasteiger charge is 2.17. The minimum Gasteiger partial charge on any atom is -0.478 e. The smallest absolute Gasteiger partial charge is 0.338 e. The predicted molar refractivity (Wildman–Crippen MR) is 68.9 cm³/mol. The molecule has 1 aromatic rings. The van der Waals surface area contributed by atoms with Crippen LogP contribution < -0.4 is 10.6 Å². The number of carbonyl (C=O) groups excluding carboxylic acids is 1. The van der Waals surface area contributed by atoms with Gasteiger partial charge in [0.25, 0.3) is 0 Å². The second kappa shape index (κ2) is 6.69. The Kier molecular flexibility index (Phi) is 5.24. The third kappa shape index (κ3) is 3.81. The number of benzene rings is 1. The van der Waals surface area contributed by atoms with E-state index in [4.69, 9.17) is 5.11 Å². The number of nitrogens with one attached hydrogen (secondary N) is 2. The van der Waals surface area contributed by atoms with Crippen molar-refractivity contribution >= 4 is 17.7 Å². The van der Waals surface area contributed by atoms with Crippen LogP contribution in [0.15, 0.2) is 12.1 Å². The summed E-state index contributed by atoms with van der Waals surface area (Å²) >= 11 is 0. The molecule has 0 bridgehead atoms. The molecule has 0 radical (unpaired) electrons. The zero-order valence-electron chi connectivity index (χ0n) is 11.0. The van der Waals surface area contributed by atoms with Gasteiger partial charge in [0.05, 0.1) is 11.3 Å². The lowest BCUT2D eigenvalue weighted by Crippen LogP contribution is -2.37. The molecule has 0 aliphatic carbocycles. The molecule has 1 rings (SSSR count). The van der Waals surface area contributed by atoms with Gasteiger partial charge in [0, 0.05) is 27.2 Å². The first-order valence-corrected chi connectivity index (χ1v) is 5.75. The van der Waals surface area contributed by atoms with Crippen molar-refractivity contribution in [3.63, 3.8) is 0 Å². The summed E-state index contributed by atoms with van der Waals surface area (Å²) in [6, 6.07) is 1.80. The van der Waals surface area contributed by atoms with Crippen molar-refractivity contribution in [2.75, 3.05) is 32.5 Å². The van der Waals surface area contributed by atoms with E-state index in [-0.39, 0.29) is 24.8 Å². The summed E-state index contributed by atoms with van der Waals surface area (Å²) in [4.78, 5) is 23.1. The van der Waals surface area contributed by atoms with E-state index in [1.807, 2.05) is 0 Å². The van der Waals surface area contributed by atoms with Gasteiger partial charge >= 0.3 is 12.0 Å². The Hall–Kier alpha value is -2.38. The van der Waals surface area contributed by atoms with Gasteiger partial charge in [-0.1, -0.05) is 0 Å². The van der Waals surface area contributed by atoms with Crippen LogP contribution in [0.5, 0.6) is 0 Å². The molecular weight excluding hydrogens is 272 g/mol. The third-order valence-corrected chi connectivity index (χ3v) is 2.44. The van der Waals surface area contributed by atoms with Crippen molar-refractivity contribution in [3.8, 4) is 0 Å². The minimum atomic E-state index is -1.54. The van der Waals surface area contributed by atoms with Gasteiger partial charge in [-0.3, -0.25) is 0 Å². The molecule has 110 valence electrons. The van der Waals surface area contributed by atoms with Crippen molar-refractivity contribution < 1.29 is 23.5 Å². The fourth-order valence-electron chi connectivity index (χ4n) is 1.38. The molecule has 2 amide bonds. The maximum absolute atomic E-state index is 13.5. The molecule has 1 aromatic carbocycles. The van der Waals surface area contributed by atoms with Gasteiger partial charge < -0.3 is 20.6 Å². The van der Waals surface area contributed by atoms with Crippen LogP contribution in [0.4, 0.5) is 19.3 Å². The lowest BCUT2D eigenvalue weighted by Gasteiger charge is -2.13. The van der Waals surface area contributed by atoms with Crippen LogP contribution in [0.3, 0.4) is 0 Å². The van der Waals surface area contributed by atoms with Crippen LogP contribution in [0, 0.1) is 11.6 Å². The molecule has 0 spiro atoms. The SMILES string of the molecule is CN(C)C(=O)NCCNc1ccc(C(=O)O)c(F)c1F. The molecular formula is C12H15F2N3O3. The standard InChI is InChI=1S/C12H15F2N3O3/c1-17(2)12(20)16-6-5-15-8-4-3-7(11(18)19)9(13)10(8)14/h3-4,15H,5-6H2,1-2H3,(H,16,20)(H,18,19). The Morgan fingerprint density at radius 3 is 2.40 bits per heavy atom. The monoisotopic (exact) mass is 287 g/mol. The third-order valence-electron chi connectivity index (χ3n) is 2.44. The summed E-state index contributed by atoms with van der Waals surface area (Å²) < 4.78 is 26.9. The molecule has 0 fully saturated rings. The van der Waals surface area contributed by atoms with Gasteiger partial charge in [-0.15, -0.1) is 0 Å². The molecule has 0 aromatic heterocycles. The van der Waals surface area contributed by atoms with Gasteiger partial charge in [0.1, 0.15) is 0 Å². The van der Waals surface area contributed by atoms with Gasteiger partial charge in [0.2, 0.25) is 0 Å². The number of aromatic carboxylic acids is 1. The second-order valence-corrected chi connectivity index (χ2v) is 4.15. The van der Waals surface area contributed by atoms with Crippen LogP contribution in [-0.2, 0) is 0 Å². The fraction of sp³-hybridized carbons (Fsp3) is 0.333. The second-order valence-electron chi connectivity index (χ2n) is 4.15. The van der Waals surface area contributed by atoms with E-state index in [1.54, 1.807) is 14.1 Å². The number of hydrogen-bond acceptors (Lipinski definition) is 3. The molecule has 0 saturated carbocycles. The van der Waals surface area contributed by atoms with Crippen molar-refractivity contribution in [1.29, 1.82) is 0 Å². The van der Waals surface area contributed by atoms with Gasteiger partial charge in [-0.2, -0.15) is 0 Å². The molecule has 0 saturated heterocycles. The lowest BCUT2D eigenvalue weighted by molar-refractivity contribution is 0.0690.